The minimum atomic E-state index is 0.000370. The Bertz CT molecular complexity index is 715. The zero-order valence-corrected chi connectivity index (χ0v) is 11.5. The number of aryl methyl sites for hydroxylation is 1. The Hall–Kier alpha value is -2.34. The van der Waals surface area contributed by atoms with Gasteiger partial charge >= 0.3 is 0 Å². The number of para-hydroxylation sites is 1. The highest BCUT2D eigenvalue weighted by Gasteiger charge is 2.20. The van der Waals surface area contributed by atoms with Crippen LogP contribution in [0.1, 0.15) is 24.2 Å². The predicted molar refractivity (Wildman–Crippen MR) is 76.1 cm³/mol. The van der Waals surface area contributed by atoms with Crippen LogP contribution in [0.25, 0.3) is 11.0 Å². The van der Waals surface area contributed by atoms with Crippen LogP contribution in [-0.4, -0.2) is 31.5 Å². The highest BCUT2D eigenvalue weighted by Crippen LogP contribution is 2.26. The van der Waals surface area contributed by atoms with Gasteiger partial charge in [-0.05, 0) is 12.6 Å². The van der Waals surface area contributed by atoms with Crippen molar-refractivity contribution in [2.75, 3.05) is 6.54 Å². The van der Waals surface area contributed by atoms with Gasteiger partial charge in [0.05, 0.1) is 29.0 Å². The maximum absolute atomic E-state index is 4.47. The van der Waals surface area contributed by atoms with Crippen molar-refractivity contribution in [2.45, 2.75) is 13.0 Å². The fourth-order valence-electron chi connectivity index (χ4n) is 2.38. The lowest BCUT2D eigenvalue weighted by atomic mass is 10.0. The van der Waals surface area contributed by atoms with Gasteiger partial charge in [-0.3, -0.25) is 14.6 Å². The van der Waals surface area contributed by atoms with Crippen molar-refractivity contribution in [3.63, 3.8) is 0 Å². The highest BCUT2D eigenvalue weighted by atomic mass is 15.4. The fraction of sp³-hybridized carbons (Fsp3) is 0.286. The molecular weight excluding hydrogens is 252 g/mol. The zero-order chi connectivity index (χ0) is 13.9. The van der Waals surface area contributed by atoms with Crippen molar-refractivity contribution in [3.8, 4) is 0 Å². The molecule has 3 aromatic rings. The molecule has 6 nitrogen and oxygen atoms in total. The van der Waals surface area contributed by atoms with Crippen LogP contribution in [0, 0.1) is 0 Å². The topological polar surface area (TPSA) is 68.5 Å². The third-order valence-electron chi connectivity index (χ3n) is 3.29. The minimum Gasteiger partial charge on any atom is -0.305 e. The predicted octanol–water partition coefficient (Wildman–Crippen LogP) is 1.46. The monoisotopic (exact) mass is 268 g/mol. The molecule has 2 aromatic heterocycles. The van der Waals surface area contributed by atoms with E-state index in [2.05, 4.69) is 38.6 Å². The van der Waals surface area contributed by atoms with Crippen LogP contribution in [0.4, 0.5) is 0 Å². The summed E-state index contributed by atoms with van der Waals surface area (Å²) in [7, 11) is 1.89. The van der Waals surface area contributed by atoms with Gasteiger partial charge in [0, 0.05) is 25.0 Å². The van der Waals surface area contributed by atoms with Gasteiger partial charge in [0.15, 0.2) is 0 Å². The first-order valence-corrected chi connectivity index (χ1v) is 6.59. The lowest BCUT2D eigenvalue weighted by Crippen LogP contribution is -2.24. The van der Waals surface area contributed by atoms with E-state index in [-0.39, 0.29) is 6.04 Å². The number of nitrogens with one attached hydrogen (secondary N) is 1. The quantitative estimate of drug-likeness (QED) is 0.775. The van der Waals surface area contributed by atoms with Crippen molar-refractivity contribution in [1.29, 1.82) is 0 Å². The van der Waals surface area contributed by atoms with Gasteiger partial charge in [-0.1, -0.05) is 24.3 Å². The number of benzene rings is 1. The van der Waals surface area contributed by atoms with Crippen LogP contribution >= 0.6 is 0 Å². The normalized spacial score (nSPS) is 12.7. The molecule has 1 unspecified atom stereocenters. The molecular formula is C14H16N6. The van der Waals surface area contributed by atoms with Crippen molar-refractivity contribution < 1.29 is 0 Å². The number of hydrogen-bond acceptors (Lipinski definition) is 5. The molecule has 2 heterocycles. The van der Waals surface area contributed by atoms with Gasteiger partial charge in [0.2, 0.25) is 0 Å². The molecule has 1 atom stereocenters. The smallest absolute Gasteiger partial charge is 0.0938 e. The van der Waals surface area contributed by atoms with E-state index in [1.807, 2.05) is 19.2 Å². The van der Waals surface area contributed by atoms with Crippen molar-refractivity contribution in [1.82, 2.24) is 30.3 Å². The largest absolute Gasteiger partial charge is 0.305 e. The molecule has 0 saturated carbocycles. The number of fused-ring (bicyclic) bond motifs is 1. The first-order chi connectivity index (χ1) is 9.81. The molecule has 3 rings (SSSR count). The van der Waals surface area contributed by atoms with Crippen LogP contribution in [0.5, 0.6) is 0 Å². The average Bonchev–Trinajstić information content (AvgIpc) is 2.90. The molecule has 1 N–H and O–H groups in total. The summed E-state index contributed by atoms with van der Waals surface area (Å²) in [6.07, 6.45) is 5.21. The van der Waals surface area contributed by atoms with Crippen molar-refractivity contribution in [3.05, 3.63) is 48.0 Å². The van der Waals surface area contributed by atoms with Gasteiger partial charge < -0.3 is 5.32 Å². The Morgan fingerprint density at radius 1 is 1.25 bits per heavy atom. The fourth-order valence-corrected chi connectivity index (χ4v) is 2.38. The summed E-state index contributed by atoms with van der Waals surface area (Å²) in [5, 5.41) is 11.4. The first kappa shape index (κ1) is 12.7. The Morgan fingerprint density at radius 3 is 2.85 bits per heavy atom. The Morgan fingerprint density at radius 2 is 2.10 bits per heavy atom. The van der Waals surface area contributed by atoms with E-state index in [4.69, 9.17) is 0 Å². The van der Waals surface area contributed by atoms with Gasteiger partial charge in [-0.2, -0.15) is 0 Å². The SMILES string of the molecule is CCNC(c1cccc2nccnc12)c1cnnn1C. The van der Waals surface area contributed by atoms with Crippen molar-refractivity contribution >= 4 is 11.0 Å². The second kappa shape index (κ2) is 5.34. The van der Waals surface area contributed by atoms with Crippen LogP contribution in [0.2, 0.25) is 0 Å². The third kappa shape index (κ3) is 2.14. The van der Waals surface area contributed by atoms with Gasteiger partial charge in [0.1, 0.15) is 0 Å². The summed E-state index contributed by atoms with van der Waals surface area (Å²) in [6, 6.07) is 6.04. The molecule has 0 aliphatic carbocycles. The van der Waals surface area contributed by atoms with E-state index in [1.54, 1.807) is 23.3 Å². The maximum atomic E-state index is 4.47. The Balaban J connectivity index is 2.17. The molecule has 0 radical (unpaired) electrons. The second-order valence-electron chi connectivity index (χ2n) is 4.54. The van der Waals surface area contributed by atoms with E-state index in [0.29, 0.717) is 0 Å². The summed E-state index contributed by atoms with van der Waals surface area (Å²) >= 11 is 0. The standard InChI is InChI=1S/C14H16N6/c1-3-15-14(12-9-18-19-20(12)2)10-5-4-6-11-13(10)17-8-7-16-11/h4-9,14-15H,3H2,1-2H3. The molecule has 0 aliphatic heterocycles. The molecule has 0 saturated heterocycles. The molecule has 0 fully saturated rings. The van der Waals surface area contributed by atoms with Crippen LogP contribution < -0.4 is 5.32 Å². The summed E-state index contributed by atoms with van der Waals surface area (Å²) in [5.41, 5.74) is 3.89. The zero-order valence-electron chi connectivity index (χ0n) is 11.5. The molecule has 0 spiro atoms. The molecule has 6 heteroatoms. The van der Waals surface area contributed by atoms with Crippen LogP contribution in [0.15, 0.2) is 36.8 Å². The van der Waals surface area contributed by atoms with E-state index < -0.39 is 0 Å². The molecule has 0 aliphatic rings. The Kier molecular flexibility index (Phi) is 3.39. The van der Waals surface area contributed by atoms with Crippen LogP contribution in [-0.2, 0) is 7.05 Å². The summed E-state index contributed by atoms with van der Waals surface area (Å²) < 4.78 is 1.78. The lowest BCUT2D eigenvalue weighted by molar-refractivity contribution is 0.570. The first-order valence-electron chi connectivity index (χ1n) is 6.59. The maximum Gasteiger partial charge on any atom is 0.0938 e. The van der Waals surface area contributed by atoms with Gasteiger partial charge in [-0.25, -0.2) is 0 Å². The summed E-state index contributed by atoms with van der Waals surface area (Å²) in [5.74, 6) is 0. The van der Waals surface area contributed by atoms with Gasteiger partial charge in [-0.15, -0.1) is 5.10 Å². The second-order valence-corrected chi connectivity index (χ2v) is 4.54. The minimum absolute atomic E-state index is 0.000370. The van der Waals surface area contributed by atoms with Crippen molar-refractivity contribution in [2.24, 2.45) is 7.05 Å². The molecule has 102 valence electrons. The Labute approximate surface area is 116 Å². The lowest BCUT2D eigenvalue weighted by Gasteiger charge is -2.19. The molecule has 0 amide bonds. The summed E-state index contributed by atoms with van der Waals surface area (Å²) in [4.78, 5) is 8.83. The number of nitrogens with zero attached hydrogens (tertiary/aromatic N) is 5. The molecule has 20 heavy (non-hydrogen) atoms. The van der Waals surface area contributed by atoms with E-state index in [9.17, 15) is 0 Å². The highest BCUT2D eigenvalue weighted by molar-refractivity contribution is 5.78. The van der Waals surface area contributed by atoms with E-state index in [1.165, 1.54) is 0 Å². The number of rotatable bonds is 4. The third-order valence-corrected chi connectivity index (χ3v) is 3.29. The number of aromatic nitrogens is 5. The van der Waals surface area contributed by atoms with Gasteiger partial charge in [0.25, 0.3) is 0 Å². The molecule has 1 aromatic carbocycles. The van der Waals surface area contributed by atoms with E-state index >= 15 is 0 Å². The summed E-state index contributed by atoms with van der Waals surface area (Å²) in [6.45, 7) is 2.92. The average molecular weight is 268 g/mol. The van der Waals surface area contributed by atoms with Crippen LogP contribution in [0.3, 0.4) is 0 Å². The number of hydrogen-bond donors (Lipinski definition) is 1. The molecule has 0 bridgehead atoms. The van der Waals surface area contributed by atoms with E-state index in [0.717, 1.165) is 28.8 Å².